The van der Waals surface area contributed by atoms with E-state index in [4.69, 9.17) is 16.3 Å². The van der Waals surface area contributed by atoms with Crippen molar-refractivity contribution in [1.82, 2.24) is 4.98 Å². The molecular weight excluding hydrogens is 181 g/mol. The molecule has 0 aliphatic rings. The fourth-order valence-electron chi connectivity index (χ4n) is 0.692. The molecule has 4 heteroatoms. The standard InChI is InChI=1S/C8H9ClFNO/c9-8-3-2-7(6-11-8)12-5-1-4-10/h2-3,6H,1,4-5H2. The van der Waals surface area contributed by atoms with E-state index in [1.165, 1.54) is 6.20 Å². The van der Waals surface area contributed by atoms with Gasteiger partial charge in [-0.3, -0.25) is 4.39 Å². The van der Waals surface area contributed by atoms with Crippen molar-refractivity contribution in [2.75, 3.05) is 13.3 Å². The Kier molecular flexibility index (Phi) is 3.80. The van der Waals surface area contributed by atoms with Crippen molar-refractivity contribution in [3.05, 3.63) is 23.5 Å². The quantitative estimate of drug-likeness (QED) is 0.536. The van der Waals surface area contributed by atoms with Crippen LogP contribution >= 0.6 is 11.6 Å². The van der Waals surface area contributed by atoms with Crippen LogP contribution in [0.25, 0.3) is 0 Å². The smallest absolute Gasteiger partial charge is 0.137 e. The van der Waals surface area contributed by atoms with Crippen LogP contribution in [0.3, 0.4) is 0 Å². The van der Waals surface area contributed by atoms with E-state index in [2.05, 4.69) is 4.98 Å². The summed E-state index contributed by atoms with van der Waals surface area (Å²) in [6.45, 7) is 0.0147. The predicted molar refractivity (Wildman–Crippen MR) is 45.3 cm³/mol. The minimum atomic E-state index is -0.360. The van der Waals surface area contributed by atoms with E-state index in [1.807, 2.05) is 0 Å². The molecule has 0 N–H and O–H groups in total. The van der Waals surface area contributed by atoms with E-state index >= 15 is 0 Å². The van der Waals surface area contributed by atoms with Crippen LogP contribution in [0.2, 0.25) is 5.15 Å². The van der Waals surface area contributed by atoms with E-state index in [0.717, 1.165) is 0 Å². The molecule has 0 unspecified atom stereocenters. The third-order valence-corrected chi connectivity index (χ3v) is 1.47. The van der Waals surface area contributed by atoms with Crippen LogP contribution in [0, 0.1) is 0 Å². The Balaban J connectivity index is 2.37. The summed E-state index contributed by atoms with van der Waals surface area (Å²) in [5.74, 6) is 0.618. The summed E-state index contributed by atoms with van der Waals surface area (Å²) in [4.78, 5) is 3.80. The van der Waals surface area contributed by atoms with Gasteiger partial charge >= 0.3 is 0 Å². The molecule has 0 saturated heterocycles. The third kappa shape index (κ3) is 3.05. The summed E-state index contributed by atoms with van der Waals surface area (Å²) in [5, 5.41) is 0.424. The van der Waals surface area contributed by atoms with Gasteiger partial charge in [0.25, 0.3) is 0 Å². The first-order valence-corrected chi connectivity index (χ1v) is 4.01. The Bertz CT molecular complexity index is 227. The number of nitrogens with zero attached hydrogens (tertiary/aromatic N) is 1. The molecule has 12 heavy (non-hydrogen) atoms. The lowest BCUT2D eigenvalue weighted by molar-refractivity contribution is 0.289. The number of hydrogen-bond acceptors (Lipinski definition) is 2. The first kappa shape index (κ1) is 9.26. The maximum Gasteiger partial charge on any atom is 0.137 e. The molecule has 66 valence electrons. The Labute approximate surface area is 75.3 Å². The maximum absolute atomic E-state index is 11.6. The second-order valence-electron chi connectivity index (χ2n) is 2.21. The third-order valence-electron chi connectivity index (χ3n) is 1.25. The van der Waals surface area contributed by atoms with Gasteiger partial charge in [-0.25, -0.2) is 4.98 Å². The van der Waals surface area contributed by atoms with E-state index in [9.17, 15) is 4.39 Å². The maximum atomic E-state index is 11.6. The lowest BCUT2D eigenvalue weighted by Crippen LogP contribution is -1.98. The fourth-order valence-corrected chi connectivity index (χ4v) is 0.804. The van der Waals surface area contributed by atoms with Crippen molar-refractivity contribution in [1.29, 1.82) is 0 Å². The summed E-state index contributed by atoms with van der Waals surface area (Å²) in [6, 6.07) is 3.33. The van der Waals surface area contributed by atoms with Crippen LogP contribution in [0.5, 0.6) is 5.75 Å². The predicted octanol–water partition coefficient (Wildman–Crippen LogP) is 2.47. The minimum Gasteiger partial charge on any atom is -0.492 e. The molecule has 0 aliphatic heterocycles. The molecule has 0 spiro atoms. The molecule has 0 bridgehead atoms. The van der Waals surface area contributed by atoms with Crippen molar-refractivity contribution in [2.24, 2.45) is 0 Å². The number of alkyl halides is 1. The van der Waals surface area contributed by atoms with Gasteiger partial charge in [-0.2, -0.15) is 0 Å². The van der Waals surface area contributed by atoms with Crippen molar-refractivity contribution in [3.63, 3.8) is 0 Å². The minimum absolute atomic E-state index is 0.360. The lowest BCUT2D eigenvalue weighted by atomic mass is 10.4. The van der Waals surface area contributed by atoms with Gasteiger partial charge in [-0.15, -0.1) is 0 Å². The molecule has 0 atom stereocenters. The van der Waals surface area contributed by atoms with Gasteiger partial charge in [0, 0.05) is 6.42 Å². The summed E-state index contributed by atoms with van der Waals surface area (Å²) in [5.41, 5.74) is 0. The highest BCUT2D eigenvalue weighted by molar-refractivity contribution is 6.29. The van der Waals surface area contributed by atoms with Crippen LogP contribution in [0.4, 0.5) is 4.39 Å². The van der Waals surface area contributed by atoms with Gasteiger partial charge in [0.15, 0.2) is 0 Å². The molecule has 2 nitrogen and oxygen atoms in total. The zero-order valence-corrected chi connectivity index (χ0v) is 7.22. The highest BCUT2D eigenvalue weighted by Gasteiger charge is 1.93. The average molecular weight is 190 g/mol. The number of aromatic nitrogens is 1. The molecular formula is C8H9ClFNO. The zero-order chi connectivity index (χ0) is 8.81. The molecule has 0 radical (unpaired) electrons. The summed E-state index contributed by atoms with van der Waals surface area (Å²) >= 11 is 5.55. The van der Waals surface area contributed by atoms with Crippen LogP contribution in [-0.2, 0) is 0 Å². The van der Waals surface area contributed by atoms with Crippen LogP contribution in [0.15, 0.2) is 18.3 Å². The number of rotatable bonds is 4. The highest BCUT2D eigenvalue weighted by Crippen LogP contribution is 2.11. The lowest BCUT2D eigenvalue weighted by Gasteiger charge is -2.02. The van der Waals surface area contributed by atoms with Gasteiger partial charge in [0.2, 0.25) is 0 Å². The van der Waals surface area contributed by atoms with Gasteiger partial charge < -0.3 is 4.74 Å². The summed E-state index contributed by atoms with van der Waals surface area (Å²) in [6.07, 6.45) is 1.92. The molecule has 1 rings (SSSR count). The van der Waals surface area contributed by atoms with E-state index in [0.29, 0.717) is 23.9 Å². The number of ether oxygens (including phenoxy) is 1. The zero-order valence-electron chi connectivity index (χ0n) is 6.46. The molecule has 1 aromatic rings. The van der Waals surface area contributed by atoms with E-state index in [1.54, 1.807) is 12.1 Å². The van der Waals surface area contributed by atoms with Crippen molar-refractivity contribution in [3.8, 4) is 5.75 Å². The number of halogens is 2. The molecule has 1 heterocycles. The molecule has 1 aromatic heterocycles. The highest BCUT2D eigenvalue weighted by atomic mass is 35.5. The first-order chi connectivity index (χ1) is 5.83. The van der Waals surface area contributed by atoms with Gasteiger partial charge in [-0.1, -0.05) is 11.6 Å². The molecule has 0 aromatic carbocycles. The largest absolute Gasteiger partial charge is 0.492 e. The Morgan fingerprint density at radius 2 is 2.33 bits per heavy atom. The monoisotopic (exact) mass is 189 g/mol. The Morgan fingerprint density at radius 1 is 1.50 bits per heavy atom. The SMILES string of the molecule is FCCCOc1ccc(Cl)nc1. The second kappa shape index (κ2) is 4.93. The fraction of sp³-hybridized carbons (Fsp3) is 0.375. The normalized spacial score (nSPS) is 9.83. The summed E-state index contributed by atoms with van der Waals surface area (Å²) < 4.78 is 16.8. The molecule has 0 fully saturated rings. The topological polar surface area (TPSA) is 22.1 Å². The first-order valence-electron chi connectivity index (χ1n) is 3.63. The second-order valence-corrected chi connectivity index (χ2v) is 2.59. The Morgan fingerprint density at radius 3 is 2.92 bits per heavy atom. The molecule has 0 aliphatic carbocycles. The van der Waals surface area contributed by atoms with Crippen LogP contribution < -0.4 is 4.74 Å². The van der Waals surface area contributed by atoms with Gasteiger partial charge in [-0.05, 0) is 12.1 Å². The molecule has 0 saturated carbocycles. The average Bonchev–Trinajstić information content (AvgIpc) is 2.09. The van der Waals surface area contributed by atoms with Crippen LogP contribution in [0.1, 0.15) is 6.42 Å². The number of hydrogen-bond donors (Lipinski definition) is 0. The van der Waals surface area contributed by atoms with E-state index < -0.39 is 0 Å². The van der Waals surface area contributed by atoms with Crippen molar-refractivity contribution in [2.45, 2.75) is 6.42 Å². The number of pyridine rings is 1. The Hall–Kier alpha value is -0.830. The van der Waals surface area contributed by atoms with Crippen molar-refractivity contribution >= 4 is 11.6 Å². The van der Waals surface area contributed by atoms with Crippen LogP contribution in [-0.4, -0.2) is 18.3 Å². The van der Waals surface area contributed by atoms with Crippen molar-refractivity contribution < 1.29 is 9.13 Å². The summed E-state index contributed by atoms with van der Waals surface area (Å²) in [7, 11) is 0. The van der Waals surface area contributed by atoms with Gasteiger partial charge in [0.05, 0.1) is 19.5 Å². The molecule has 0 amide bonds. The van der Waals surface area contributed by atoms with Gasteiger partial charge in [0.1, 0.15) is 10.9 Å². The van der Waals surface area contributed by atoms with E-state index in [-0.39, 0.29) is 6.67 Å².